The molecular formula is C20H16ClF3N4O3. The van der Waals surface area contributed by atoms with Crippen molar-refractivity contribution in [1.82, 2.24) is 20.2 Å². The van der Waals surface area contributed by atoms with Crippen LogP contribution in [0.3, 0.4) is 0 Å². The molecule has 162 valence electrons. The molecule has 4 aliphatic rings. The molecule has 1 atom stereocenters. The Morgan fingerprint density at radius 2 is 2.00 bits per heavy atom. The molecule has 7 nitrogen and oxygen atoms in total. The van der Waals surface area contributed by atoms with Crippen molar-refractivity contribution in [3.05, 3.63) is 58.4 Å². The van der Waals surface area contributed by atoms with E-state index >= 15 is 0 Å². The molecule has 3 saturated carbocycles. The molecule has 1 N–H and O–H groups in total. The highest BCUT2D eigenvalue weighted by molar-refractivity contribution is 6.30. The molecule has 0 spiro atoms. The van der Waals surface area contributed by atoms with Crippen LogP contribution in [0.15, 0.2) is 30.6 Å². The fourth-order valence-corrected chi connectivity index (χ4v) is 4.88. The number of nitrogens with zero attached hydrogens (tertiary/aromatic N) is 3. The Bertz CT molecular complexity index is 1060. The van der Waals surface area contributed by atoms with E-state index in [1.165, 1.54) is 12.1 Å². The third-order valence-corrected chi connectivity index (χ3v) is 6.52. The van der Waals surface area contributed by atoms with E-state index < -0.39 is 47.1 Å². The maximum absolute atomic E-state index is 13.7. The van der Waals surface area contributed by atoms with Crippen LogP contribution in [0.4, 0.5) is 18.0 Å². The van der Waals surface area contributed by atoms with Gasteiger partial charge in [-0.1, -0.05) is 17.7 Å². The van der Waals surface area contributed by atoms with Crippen molar-refractivity contribution in [3.8, 4) is 0 Å². The van der Waals surface area contributed by atoms with Crippen molar-refractivity contribution in [2.24, 2.45) is 0 Å². The first-order valence-corrected chi connectivity index (χ1v) is 9.94. The summed E-state index contributed by atoms with van der Waals surface area (Å²) in [6.45, 7) is 0.282. The lowest BCUT2D eigenvalue weighted by atomic mass is 9.43. The topological polar surface area (TPSA) is 84.4 Å². The lowest BCUT2D eigenvalue weighted by Gasteiger charge is -2.72. The zero-order valence-corrected chi connectivity index (χ0v) is 16.7. The van der Waals surface area contributed by atoms with Gasteiger partial charge in [0.15, 0.2) is 0 Å². The third-order valence-electron chi connectivity index (χ3n) is 6.21. The van der Waals surface area contributed by atoms with Crippen LogP contribution in [-0.4, -0.2) is 44.5 Å². The number of carbonyl (C=O) groups is 2. The van der Waals surface area contributed by atoms with Gasteiger partial charge in [-0.3, -0.25) is 14.7 Å². The Kier molecular flexibility index (Phi) is 4.40. The molecule has 0 radical (unpaired) electrons. The average molecular weight is 453 g/mol. The number of hydrogen-bond acceptors (Lipinski definition) is 5. The minimum absolute atomic E-state index is 0.00410. The minimum Gasteiger partial charge on any atom is -0.439 e. The number of nitrogens with one attached hydrogen (secondary N) is 1. The number of benzene rings is 1. The average Bonchev–Trinajstić information content (AvgIpc) is 3.07. The predicted molar refractivity (Wildman–Crippen MR) is 101 cm³/mol. The summed E-state index contributed by atoms with van der Waals surface area (Å²) in [6.07, 6.45) is -0.290. The van der Waals surface area contributed by atoms with E-state index in [4.69, 9.17) is 16.3 Å². The molecule has 1 aliphatic heterocycles. The van der Waals surface area contributed by atoms with E-state index in [1.54, 1.807) is 11.0 Å². The van der Waals surface area contributed by atoms with Crippen LogP contribution >= 0.6 is 11.6 Å². The normalized spacial score (nSPS) is 28.7. The van der Waals surface area contributed by atoms with Crippen LogP contribution in [0.1, 0.15) is 53.5 Å². The van der Waals surface area contributed by atoms with Crippen LogP contribution < -0.4 is 5.32 Å². The van der Waals surface area contributed by atoms with Gasteiger partial charge in [0.25, 0.3) is 12.3 Å². The maximum atomic E-state index is 13.7. The number of hydrogen-bond donors (Lipinski definition) is 1. The number of carbonyl (C=O) groups excluding carboxylic acids is 2. The fourth-order valence-electron chi connectivity index (χ4n) is 4.76. The summed E-state index contributed by atoms with van der Waals surface area (Å²) in [4.78, 5) is 33.7. The summed E-state index contributed by atoms with van der Waals surface area (Å²) in [5.74, 6) is -1.08. The molecule has 1 saturated heterocycles. The van der Waals surface area contributed by atoms with Crippen LogP contribution in [0.5, 0.6) is 0 Å². The second-order valence-electron chi connectivity index (χ2n) is 8.27. The Morgan fingerprint density at radius 1 is 1.26 bits per heavy atom. The van der Waals surface area contributed by atoms with Crippen molar-refractivity contribution in [3.63, 3.8) is 0 Å². The zero-order chi connectivity index (χ0) is 22.0. The Morgan fingerprint density at radius 3 is 2.61 bits per heavy atom. The van der Waals surface area contributed by atoms with Gasteiger partial charge in [-0.2, -0.15) is 0 Å². The van der Waals surface area contributed by atoms with Gasteiger partial charge in [-0.15, -0.1) is 0 Å². The van der Waals surface area contributed by atoms with Crippen LogP contribution in [0.2, 0.25) is 5.02 Å². The number of aromatic nitrogens is 2. The summed E-state index contributed by atoms with van der Waals surface area (Å²) in [5, 5.41) is 2.87. The molecule has 31 heavy (non-hydrogen) atoms. The molecule has 4 fully saturated rings. The molecule has 3 aliphatic carbocycles. The van der Waals surface area contributed by atoms with Gasteiger partial charge in [0.1, 0.15) is 23.3 Å². The Labute approximate surface area is 179 Å². The smallest absolute Gasteiger partial charge is 0.411 e. The maximum Gasteiger partial charge on any atom is 0.411 e. The van der Waals surface area contributed by atoms with E-state index in [0.717, 1.165) is 12.4 Å². The standard InChI is InChI=1S/C20H16ClF3N4O3/c21-11-2-1-10(3-12(11)22)15-6-28(18(30)31-15)20-7-19(8-20,9-20)27-17(29)14-5-25-13(4-26-14)16(23)24/h1-5,15-16H,6-9H2,(H,27,29). The van der Waals surface area contributed by atoms with Gasteiger partial charge in [0.2, 0.25) is 0 Å². The third kappa shape index (κ3) is 3.20. The van der Waals surface area contributed by atoms with Gasteiger partial charge in [0.05, 0.1) is 29.5 Å². The molecular weight excluding hydrogens is 437 g/mol. The molecule has 2 aromatic rings. The summed E-state index contributed by atoms with van der Waals surface area (Å²) in [5.41, 5.74) is -0.893. The molecule has 6 rings (SSSR count). The van der Waals surface area contributed by atoms with Crippen molar-refractivity contribution in [1.29, 1.82) is 0 Å². The highest BCUT2D eigenvalue weighted by Gasteiger charge is 2.73. The van der Waals surface area contributed by atoms with Gasteiger partial charge >= 0.3 is 6.09 Å². The molecule has 1 unspecified atom stereocenters. The lowest BCUT2D eigenvalue weighted by Crippen LogP contribution is -2.83. The number of ether oxygens (including phenoxy) is 1. The number of amides is 2. The van der Waals surface area contributed by atoms with Crippen molar-refractivity contribution in [2.75, 3.05) is 6.54 Å². The van der Waals surface area contributed by atoms with E-state index in [9.17, 15) is 22.8 Å². The van der Waals surface area contributed by atoms with E-state index in [0.29, 0.717) is 24.8 Å². The number of rotatable bonds is 5. The number of cyclic esters (lactones) is 1. The Hall–Kier alpha value is -2.88. The minimum atomic E-state index is -2.75. The van der Waals surface area contributed by atoms with Crippen LogP contribution in [-0.2, 0) is 4.74 Å². The first-order chi connectivity index (χ1) is 14.7. The van der Waals surface area contributed by atoms with Gasteiger partial charge < -0.3 is 10.1 Å². The van der Waals surface area contributed by atoms with E-state index in [2.05, 4.69) is 15.3 Å². The summed E-state index contributed by atoms with van der Waals surface area (Å²) in [6, 6.07) is 4.30. The number of halogens is 4. The van der Waals surface area contributed by atoms with Gasteiger partial charge in [-0.25, -0.2) is 22.9 Å². The van der Waals surface area contributed by atoms with E-state index in [-0.39, 0.29) is 17.3 Å². The quantitative estimate of drug-likeness (QED) is 0.746. The highest BCUT2D eigenvalue weighted by Crippen LogP contribution is 2.64. The van der Waals surface area contributed by atoms with Crippen molar-refractivity contribution < 1.29 is 27.5 Å². The van der Waals surface area contributed by atoms with Crippen molar-refractivity contribution >= 4 is 23.6 Å². The largest absolute Gasteiger partial charge is 0.439 e. The molecule has 11 heteroatoms. The molecule has 1 aromatic carbocycles. The second kappa shape index (κ2) is 6.81. The highest BCUT2D eigenvalue weighted by atomic mass is 35.5. The van der Waals surface area contributed by atoms with Crippen LogP contribution in [0.25, 0.3) is 0 Å². The lowest BCUT2D eigenvalue weighted by molar-refractivity contribution is -0.150. The zero-order valence-electron chi connectivity index (χ0n) is 15.9. The van der Waals surface area contributed by atoms with Crippen LogP contribution in [0, 0.1) is 5.82 Å². The number of alkyl halides is 2. The van der Waals surface area contributed by atoms with E-state index in [1.807, 2.05) is 0 Å². The van der Waals surface area contributed by atoms with Crippen molar-refractivity contribution in [2.45, 2.75) is 42.9 Å². The van der Waals surface area contributed by atoms with Gasteiger partial charge in [0, 0.05) is 5.54 Å². The summed E-state index contributed by atoms with van der Waals surface area (Å²) >= 11 is 5.71. The second-order valence-corrected chi connectivity index (χ2v) is 8.68. The summed E-state index contributed by atoms with van der Waals surface area (Å²) in [7, 11) is 0. The molecule has 2 bridgehead atoms. The fraction of sp³-hybridized carbons (Fsp3) is 0.400. The van der Waals surface area contributed by atoms with Gasteiger partial charge in [-0.05, 0) is 37.0 Å². The predicted octanol–water partition coefficient (Wildman–Crippen LogP) is 3.81. The molecule has 1 aromatic heterocycles. The Balaban J connectivity index is 1.21. The monoisotopic (exact) mass is 452 g/mol. The molecule has 2 amide bonds. The SMILES string of the molecule is O=C(NC12CC(N3CC(c4ccc(Cl)c(F)c4)OC3=O)(C1)C2)c1cnc(C(F)F)cn1. The first kappa shape index (κ1) is 20.0. The molecule has 2 heterocycles. The summed E-state index contributed by atoms with van der Waals surface area (Å²) < 4.78 is 44.3. The first-order valence-electron chi connectivity index (χ1n) is 9.56.